The summed E-state index contributed by atoms with van der Waals surface area (Å²) in [6.45, 7) is 6.76. The van der Waals surface area contributed by atoms with Crippen LogP contribution >= 0.6 is 23.1 Å². The number of carbonyl (C=O) groups excluding carboxylic acids is 3. The number of anilines is 6. The first kappa shape index (κ1) is 40.5. The number of rotatable bonds is 12. The van der Waals surface area contributed by atoms with Crippen LogP contribution in [0.2, 0.25) is 0 Å². The van der Waals surface area contributed by atoms with Gasteiger partial charge < -0.3 is 37.6 Å². The van der Waals surface area contributed by atoms with Crippen molar-refractivity contribution in [3.05, 3.63) is 82.4 Å². The summed E-state index contributed by atoms with van der Waals surface area (Å²) in [6.07, 6.45) is 9.31. The molecule has 0 spiro atoms. The van der Waals surface area contributed by atoms with Crippen molar-refractivity contribution in [2.75, 3.05) is 46.6 Å². The van der Waals surface area contributed by atoms with E-state index in [4.69, 9.17) is 17.2 Å². The highest BCUT2D eigenvalue weighted by Crippen LogP contribution is 2.41. The van der Waals surface area contributed by atoms with Crippen molar-refractivity contribution >= 4 is 73.9 Å². The van der Waals surface area contributed by atoms with Gasteiger partial charge in [-0.3, -0.25) is 14.4 Å². The minimum Gasteiger partial charge on any atom is -0.364 e. The number of ketones is 1. The number of nitrogens with zero attached hydrogens (tertiary/aromatic N) is 8. The van der Waals surface area contributed by atoms with Gasteiger partial charge in [-0.2, -0.15) is 8.75 Å². The van der Waals surface area contributed by atoms with Crippen molar-refractivity contribution < 1.29 is 18.8 Å². The Morgan fingerprint density at radius 1 is 0.793 bits per heavy atom. The van der Waals surface area contributed by atoms with Crippen LogP contribution in [-0.4, -0.2) is 78.5 Å². The largest absolute Gasteiger partial charge is 0.364 e. The molecule has 1 aromatic carbocycles. The van der Waals surface area contributed by atoms with Gasteiger partial charge in [0.25, 0.3) is 11.8 Å². The molecule has 1 aliphatic carbocycles. The first-order valence-corrected chi connectivity index (χ1v) is 20.8. The molecule has 304 valence electrons. The number of carbonyl (C=O) groups is 3. The maximum absolute atomic E-state index is 14.4. The van der Waals surface area contributed by atoms with Crippen LogP contribution < -0.4 is 37.6 Å². The Kier molecular flexibility index (Phi) is 12.5. The van der Waals surface area contributed by atoms with E-state index < -0.39 is 11.8 Å². The average molecular weight is 828 g/mol. The molecule has 4 aromatic heterocycles. The molecule has 0 unspecified atom stereocenters. The summed E-state index contributed by atoms with van der Waals surface area (Å²) in [6, 6.07) is 8.77. The van der Waals surface area contributed by atoms with Crippen molar-refractivity contribution in [1.29, 1.82) is 0 Å². The third-order valence-electron chi connectivity index (χ3n) is 10.2. The van der Waals surface area contributed by atoms with E-state index in [0.717, 1.165) is 85.1 Å². The molecule has 3 fully saturated rings. The summed E-state index contributed by atoms with van der Waals surface area (Å²) in [5.41, 5.74) is 20.0. The second kappa shape index (κ2) is 17.9. The number of Topliss-reactive ketones (excluding diaryl/α,β-unsaturated/α-hetero) is 1. The fraction of sp³-hybridized carbons (Fsp3) is 0.410. The minimum atomic E-state index is -0.671. The Labute approximate surface area is 343 Å². The lowest BCUT2D eigenvalue weighted by atomic mass is 9.90. The second-order valence-electron chi connectivity index (χ2n) is 14.9. The van der Waals surface area contributed by atoms with Crippen LogP contribution in [0.25, 0.3) is 0 Å². The Bertz CT molecular complexity index is 2300. The van der Waals surface area contributed by atoms with E-state index in [-0.39, 0.29) is 40.8 Å². The molecule has 2 amide bonds. The predicted molar refractivity (Wildman–Crippen MR) is 223 cm³/mol. The third kappa shape index (κ3) is 10.1. The van der Waals surface area contributed by atoms with Crippen molar-refractivity contribution in [3.8, 4) is 0 Å². The van der Waals surface area contributed by atoms with Crippen LogP contribution in [0, 0.1) is 25.6 Å². The van der Waals surface area contributed by atoms with Gasteiger partial charge in [0.15, 0.2) is 28.8 Å². The zero-order valence-corrected chi connectivity index (χ0v) is 33.9. The molecular formula is C39H46FN13O3S2. The Balaban J connectivity index is 0.000000193. The van der Waals surface area contributed by atoms with Crippen LogP contribution in [0.1, 0.15) is 99.1 Å². The summed E-state index contributed by atoms with van der Waals surface area (Å²) in [7, 11) is 0. The molecule has 0 bridgehead atoms. The van der Waals surface area contributed by atoms with Crippen molar-refractivity contribution in [2.24, 2.45) is 23.1 Å². The number of aromatic nitrogens is 6. The summed E-state index contributed by atoms with van der Waals surface area (Å²) in [5, 5.41) is 7.71. The Hall–Kier alpha value is -5.66. The first-order chi connectivity index (χ1) is 27.9. The van der Waals surface area contributed by atoms with E-state index in [0.29, 0.717) is 41.9 Å². The van der Waals surface area contributed by atoms with Crippen molar-refractivity contribution in [1.82, 2.24) is 28.7 Å². The lowest BCUT2D eigenvalue weighted by Gasteiger charge is -2.33. The van der Waals surface area contributed by atoms with Crippen molar-refractivity contribution in [2.45, 2.75) is 70.8 Å². The molecule has 8 N–H and O–H groups in total. The Morgan fingerprint density at radius 2 is 1.34 bits per heavy atom. The number of piperidine rings is 2. The number of benzene rings is 1. The zero-order valence-electron chi connectivity index (χ0n) is 32.3. The lowest BCUT2D eigenvalue weighted by Crippen LogP contribution is -2.43. The van der Waals surface area contributed by atoms with Crippen LogP contribution in [0.5, 0.6) is 0 Å². The molecule has 2 saturated heterocycles. The molecule has 3 aliphatic rings. The van der Waals surface area contributed by atoms with E-state index in [9.17, 15) is 18.8 Å². The first-order valence-electron chi connectivity index (χ1n) is 19.2. The van der Waals surface area contributed by atoms with Gasteiger partial charge >= 0.3 is 0 Å². The fourth-order valence-electron chi connectivity index (χ4n) is 7.14. The molecule has 6 heterocycles. The smallest absolute Gasteiger partial charge is 0.271 e. The van der Waals surface area contributed by atoms with Crippen molar-refractivity contribution in [3.63, 3.8) is 0 Å². The van der Waals surface area contributed by atoms with E-state index in [1.807, 2.05) is 26.0 Å². The SMILES string of the molecule is Cc1cc(Nc2nc(N3CCC[C@@H](CC(=O)c4ccc(C5CC5)c(F)c4)C3)cnc2C(N)=O)sn1.Cc1cc(Nc2nc(N3CCC[C@@H](N)C3)cnc2C(N)=O)sn1. The summed E-state index contributed by atoms with van der Waals surface area (Å²) < 4.78 is 22.9. The molecule has 16 nitrogen and oxygen atoms in total. The lowest BCUT2D eigenvalue weighted by molar-refractivity contribution is 0.0953. The highest BCUT2D eigenvalue weighted by atomic mass is 32.1. The summed E-state index contributed by atoms with van der Waals surface area (Å²) in [4.78, 5) is 58.1. The van der Waals surface area contributed by atoms with Gasteiger partial charge in [0.2, 0.25) is 0 Å². The highest BCUT2D eigenvalue weighted by Gasteiger charge is 2.29. The van der Waals surface area contributed by atoms with Crippen LogP contribution in [-0.2, 0) is 0 Å². The molecular weight excluding hydrogens is 782 g/mol. The maximum atomic E-state index is 14.4. The number of primary amides is 2. The number of hydrogen-bond donors (Lipinski definition) is 5. The number of aryl methyl sites for hydroxylation is 2. The number of nitrogens with one attached hydrogen (secondary N) is 2. The van der Waals surface area contributed by atoms with Gasteiger partial charge in [-0.1, -0.05) is 12.1 Å². The third-order valence-corrected chi connectivity index (χ3v) is 11.8. The molecule has 2 aliphatic heterocycles. The highest BCUT2D eigenvalue weighted by molar-refractivity contribution is 7.10. The zero-order chi connectivity index (χ0) is 40.9. The van der Waals surface area contributed by atoms with Gasteiger partial charge in [0.1, 0.15) is 27.5 Å². The van der Waals surface area contributed by atoms with Gasteiger partial charge in [-0.05, 0) is 111 Å². The molecule has 1 saturated carbocycles. The van der Waals surface area contributed by atoms with E-state index in [1.54, 1.807) is 24.5 Å². The summed E-state index contributed by atoms with van der Waals surface area (Å²) >= 11 is 2.55. The predicted octanol–water partition coefficient (Wildman–Crippen LogP) is 5.60. The van der Waals surface area contributed by atoms with E-state index >= 15 is 0 Å². The van der Waals surface area contributed by atoms with Crippen LogP contribution in [0.3, 0.4) is 0 Å². The topological polar surface area (TPSA) is 237 Å². The van der Waals surface area contributed by atoms with Gasteiger partial charge in [-0.25, -0.2) is 24.3 Å². The molecule has 58 heavy (non-hydrogen) atoms. The minimum absolute atomic E-state index is 0.0452. The Morgan fingerprint density at radius 3 is 1.83 bits per heavy atom. The maximum Gasteiger partial charge on any atom is 0.271 e. The van der Waals surface area contributed by atoms with Crippen LogP contribution in [0.15, 0.2) is 42.7 Å². The van der Waals surface area contributed by atoms with Crippen LogP contribution in [0.4, 0.5) is 37.7 Å². The number of halogens is 1. The molecule has 0 radical (unpaired) electrons. The monoisotopic (exact) mass is 827 g/mol. The molecule has 2 atom stereocenters. The van der Waals surface area contributed by atoms with Gasteiger partial charge in [0, 0.05) is 44.2 Å². The molecule has 8 rings (SSSR count). The number of nitrogens with two attached hydrogens (primary N) is 3. The fourth-order valence-corrected chi connectivity index (χ4v) is 8.46. The number of amides is 2. The normalized spacial score (nSPS) is 17.9. The molecule has 19 heteroatoms. The quantitative estimate of drug-likeness (QED) is 0.0963. The number of hydrogen-bond acceptors (Lipinski definition) is 16. The summed E-state index contributed by atoms with van der Waals surface area (Å²) in [5.74, 6) is 0.734. The average Bonchev–Trinajstić information content (AvgIpc) is 3.84. The van der Waals surface area contributed by atoms with Gasteiger partial charge in [-0.15, -0.1) is 0 Å². The van der Waals surface area contributed by atoms with E-state index in [1.165, 1.54) is 29.1 Å². The second-order valence-corrected chi connectivity index (χ2v) is 16.5. The molecule has 5 aromatic rings. The standard InChI is InChI=1S/C25H27FN6O2S.C14H19N7OS/c1-14-9-22(35-31-14)30-25-23(24(27)34)28-12-21(29-25)32-8-2-3-15(13-32)10-20(33)17-6-7-18(16-4-5-16)19(26)11-17;1-8-5-11(23-20-8)19-14-12(13(16)22)17-6-10(18-14)21-4-2-3-9(15)7-21/h6-7,9,11-12,15-16H,2-5,8,10,13H2,1H3,(H2,27,34)(H,29,30);5-6,9H,2-4,7,15H2,1H3,(H2,16,22)(H,18,19)/t15-;9-/m01/s1. The van der Waals surface area contributed by atoms with Gasteiger partial charge in [0.05, 0.1) is 23.8 Å². The van der Waals surface area contributed by atoms with E-state index in [2.05, 4.69) is 49.1 Å².